The molecule has 4 rings (SSSR count). The number of hydrogen-bond donors (Lipinski definition) is 1. The molecule has 2 atom stereocenters. The number of likely N-dealkylation sites (tertiary alicyclic amines) is 1. The molecule has 9 heteroatoms. The lowest BCUT2D eigenvalue weighted by molar-refractivity contribution is -0.137. The minimum absolute atomic E-state index is 0.173. The SMILES string of the molecule is CN1C[C@@H](c2ccco2)[C@]2(C1)NC(=S)N(c1ccc(C(F)(F)F)cc1)C2=O. The zero-order valence-corrected chi connectivity index (χ0v) is 15.1. The second kappa shape index (κ2) is 6.07. The number of likely N-dealkylation sites (N-methyl/N-ethyl adjacent to an activating group) is 1. The van der Waals surface area contributed by atoms with Crippen LogP contribution in [-0.4, -0.2) is 41.6 Å². The fourth-order valence-electron chi connectivity index (χ4n) is 3.86. The summed E-state index contributed by atoms with van der Waals surface area (Å²) in [5.41, 5.74) is -1.48. The van der Waals surface area contributed by atoms with E-state index in [0.29, 0.717) is 24.5 Å². The summed E-state index contributed by atoms with van der Waals surface area (Å²) in [6.07, 6.45) is -2.89. The summed E-state index contributed by atoms with van der Waals surface area (Å²) in [6, 6.07) is 7.97. The number of hydrogen-bond acceptors (Lipinski definition) is 4. The van der Waals surface area contributed by atoms with Gasteiger partial charge in [-0.1, -0.05) is 0 Å². The summed E-state index contributed by atoms with van der Waals surface area (Å²) in [5.74, 6) is 0.109. The molecule has 2 aliphatic heterocycles. The van der Waals surface area contributed by atoms with Gasteiger partial charge in [0.15, 0.2) is 5.11 Å². The Labute approximate surface area is 158 Å². The Bertz CT molecular complexity index is 882. The van der Waals surface area contributed by atoms with Crippen LogP contribution in [0.15, 0.2) is 47.1 Å². The maximum Gasteiger partial charge on any atom is 0.416 e. The van der Waals surface area contributed by atoms with Crippen molar-refractivity contribution in [3.8, 4) is 0 Å². The summed E-state index contributed by atoms with van der Waals surface area (Å²) in [7, 11) is 1.89. The summed E-state index contributed by atoms with van der Waals surface area (Å²) < 4.78 is 43.9. The van der Waals surface area contributed by atoms with Gasteiger partial charge in [-0.15, -0.1) is 0 Å². The second-order valence-corrected chi connectivity index (χ2v) is 7.24. The first-order valence-electron chi connectivity index (χ1n) is 8.28. The van der Waals surface area contributed by atoms with Gasteiger partial charge in [0, 0.05) is 13.1 Å². The molecule has 1 aromatic heterocycles. The van der Waals surface area contributed by atoms with E-state index in [1.54, 1.807) is 12.3 Å². The van der Waals surface area contributed by atoms with Crippen molar-refractivity contribution in [1.29, 1.82) is 0 Å². The second-order valence-electron chi connectivity index (χ2n) is 6.85. The number of nitrogens with one attached hydrogen (secondary N) is 1. The number of benzene rings is 1. The molecule has 0 bridgehead atoms. The molecule has 3 heterocycles. The van der Waals surface area contributed by atoms with E-state index in [4.69, 9.17) is 16.6 Å². The van der Waals surface area contributed by atoms with Crippen molar-refractivity contribution in [3.63, 3.8) is 0 Å². The number of nitrogens with zero attached hydrogens (tertiary/aromatic N) is 2. The quantitative estimate of drug-likeness (QED) is 0.793. The van der Waals surface area contributed by atoms with Crippen LogP contribution in [0.3, 0.4) is 0 Å². The topological polar surface area (TPSA) is 48.7 Å². The zero-order valence-electron chi connectivity index (χ0n) is 14.3. The Hall–Kier alpha value is -2.39. The monoisotopic (exact) mass is 395 g/mol. The highest BCUT2D eigenvalue weighted by atomic mass is 32.1. The molecule has 0 saturated carbocycles. The molecule has 0 aliphatic carbocycles. The third-order valence-electron chi connectivity index (χ3n) is 5.07. The average Bonchev–Trinajstić information content (AvgIpc) is 3.27. The third-order valence-corrected chi connectivity index (χ3v) is 5.35. The zero-order chi connectivity index (χ0) is 19.4. The van der Waals surface area contributed by atoms with Crippen LogP contribution in [0.25, 0.3) is 0 Å². The van der Waals surface area contributed by atoms with Gasteiger partial charge >= 0.3 is 6.18 Å². The van der Waals surface area contributed by atoms with Gasteiger partial charge in [-0.05, 0) is 55.7 Å². The standard InChI is InChI=1S/C18H16F3N3O2S/c1-23-9-13(14-3-2-8-26-14)17(10-23)15(25)24(16(27)22-17)12-6-4-11(5-7-12)18(19,20)21/h2-8,13H,9-10H2,1H3,(H,22,27)/t13-,17-/m0/s1. The Morgan fingerprint density at radius 3 is 2.56 bits per heavy atom. The molecule has 2 saturated heterocycles. The van der Waals surface area contributed by atoms with Crippen LogP contribution in [0.2, 0.25) is 0 Å². The fourth-order valence-corrected chi connectivity index (χ4v) is 4.23. The molecule has 5 nitrogen and oxygen atoms in total. The fraction of sp³-hybridized carbons (Fsp3) is 0.333. The molecule has 2 fully saturated rings. The number of halogens is 3. The number of furan rings is 1. The van der Waals surface area contributed by atoms with Crippen LogP contribution in [0.1, 0.15) is 17.2 Å². The Morgan fingerprint density at radius 1 is 1.26 bits per heavy atom. The summed E-state index contributed by atoms with van der Waals surface area (Å²) in [5, 5.41) is 3.30. The Morgan fingerprint density at radius 2 is 1.96 bits per heavy atom. The highest BCUT2D eigenvalue weighted by molar-refractivity contribution is 7.80. The number of anilines is 1. The molecule has 1 N–H and O–H groups in total. The number of rotatable bonds is 2. The van der Waals surface area contributed by atoms with Gasteiger partial charge < -0.3 is 14.6 Å². The van der Waals surface area contributed by atoms with E-state index in [1.807, 2.05) is 18.0 Å². The van der Waals surface area contributed by atoms with Crippen LogP contribution in [0, 0.1) is 0 Å². The van der Waals surface area contributed by atoms with Gasteiger partial charge in [-0.3, -0.25) is 9.69 Å². The van der Waals surface area contributed by atoms with Crippen molar-refractivity contribution in [3.05, 3.63) is 54.0 Å². The van der Waals surface area contributed by atoms with E-state index in [1.165, 1.54) is 17.0 Å². The Balaban J connectivity index is 1.69. The normalized spacial score (nSPS) is 26.2. The molecule has 142 valence electrons. The minimum atomic E-state index is -4.44. The lowest BCUT2D eigenvalue weighted by Gasteiger charge is -2.26. The smallest absolute Gasteiger partial charge is 0.416 e. The number of alkyl halides is 3. The first-order chi connectivity index (χ1) is 12.7. The van der Waals surface area contributed by atoms with Crippen LogP contribution in [0.5, 0.6) is 0 Å². The van der Waals surface area contributed by atoms with Crippen LogP contribution >= 0.6 is 12.2 Å². The summed E-state index contributed by atoms with van der Waals surface area (Å²) in [6.45, 7) is 1.00. The molecular weight excluding hydrogens is 379 g/mol. The summed E-state index contributed by atoms with van der Waals surface area (Å²) >= 11 is 5.36. The average molecular weight is 395 g/mol. The van der Waals surface area contributed by atoms with Crippen LogP contribution < -0.4 is 10.2 Å². The van der Waals surface area contributed by atoms with Crippen molar-refractivity contribution in [2.45, 2.75) is 17.6 Å². The van der Waals surface area contributed by atoms with E-state index in [2.05, 4.69) is 5.32 Å². The van der Waals surface area contributed by atoms with Gasteiger partial charge in [0.05, 0.1) is 23.4 Å². The number of carbonyl (C=O) groups is 1. The maximum atomic E-state index is 13.4. The van der Waals surface area contributed by atoms with Gasteiger partial charge in [0.1, 0.15) is 11.3 Å². The van der Waals surface area contributed by atoms with Crippen molar-refractivity contribution in [2.24, 2.45) is 0 Å². The molecule has 1 aromatic carbocycles. The van der Waals surface area contributed by atoms with Crippen molar-refractivity contribution in [1.82, 2.24) is 10.2 Å². The van der Waals surface area contributed by atoms with Gasteiger partial charge in [0.2, 0.25) is 0 Å². The predicted octanol–water partition coefficient (Wildman–Crippen LogP) is 2.99. The van der Waals surface area contributed by atoms with E-state index in [-0.39, 0.29) is 16.9 Å². The lowest BCUT2D eigenvalue weighted by atomic mass is 9.85. The molecular formula is C18H16F3N3O2S. The van der Waals surface area contributed by atoms with Crippen molar-refractivity contribution < 1.29 is 22.4 Å². The maximum absolute atomic E-state index is 13.4. The molecule has 2 aromatic rings. The first-order valence-corrected chi connectivity index (χ1v) is 8.69. The molecule has 2 aliphatic rings. The molecule has 27 heavy (non-hydrogen) atoms. The van der Waals surface area contributed by atoms with Crippen molar-refractivity contribution >= 4 is 28.9 Å². The summed E-state index contributed by atoms with van der Waals surface area (Å²) in [4.78, 5) is 16.6. The number of amides is 1. The molecule has 0 unspecified atom stereocenters. The van der Waals surface area contributed by atoms with Gasteiger partial charge in [-0.25, -0.2) is 0 Å². The van der Waals surface area contributed by atoms with Gasteiger partial charge in [-0.2, -0.15) is 13.2 Å². The van der Waals surface area contributed by atoms with E-state index in [9.17, 15) is 18.0 Å². The first kappa shape index (κ1) is 18.0. The van der Waals surface area contributed by atoms with Crippen LogP contribution in [0.4, 0.5) is 18.9 Å². The third kappa shape index (κ3) is 2.81. The highest BCUT2D eigenvalue weighted by Crippen LogP contribution is 2.41. The lowest BCUT2D eigenvalue weighted by Crippen LogP contribution is -2.52. The van der Waals surface area contributed by atoms with Gasteiger partial charge in [0.25, 0.3) is 5.91 Å². The predicted molar refractivity (Wildman–Crippen MR) is 96.3 cm³/mol. The molecule has 1 spiro atoms. The number of thiocarbonyl (C=S) groups is 1. The van der Waals surface area contributed by atoms with E-state index in [0.717, 1.165) is 12.1 Å². The van der Waals surface area contributed by atoms with E-state index >= 15 is 0 Å². The molecule has 1 amide bonds. The minimum Gasteiger partial charge on any atom is -0.469 e. The van der Waals surface area contributed by atoms with Crippen molar-refractivity contribution in [2.75, 3.05) is 25.0 Å². The number of carbonyl (C=O) groups excluding carboxylic acids is 1. The van der Waals surface area contributed by atoms with E-state index < -0.39 is 17.3 Å². The Kier molecular flexibility index (Phi) is 4.04. The largest absolute Gasteiger partial charge is 0.469 e. The molecule has 0 radical (unpaired) electrons. The van der Waals surface area contributed by atoms with Crippen LogP contribution in [-0.2, 0) is 11.0 Å². The highest BCUT2D eigenvalue weighted by Gasteiger charge is 2.60.